The highest BCUT2D eigenvalue weighted by molar-refractivity contribution is 8.14. The fraction of sp³-hybridized carbons (Fsp3) is 0.246. The number of benzene rings is 6. The smallest absolute Gasteiger partial charge is 0.421 e. The molecule has 88 heavy (non-hydrogen) atoms. The van der Waals surface area contributed by atoms with Crippen LogP contribution in [0.4, 0.5) is 48.2 Å². The molecule has 0 radical (unpaired) electrons. The van der Waals surface area contributed by atoms with Crippen LogP contribution in [-0.2, 0) is 43.3 Å². The Morgan fingerprint density at radius 2 is 1.12 bits per heavy atom. The normalized spacial score (nSPS) is 15.2. The van der Waals surface area contributed by atoms with E-state index >= 15 is 17.6 Å². The van der Waals surface area contributed by atoms with Crippen molar-refractivity contribution in [3.63, 3.8) is 0 Å². The van der Waals surface area contributed by atoms with Gasteiger partial charge in [0.25, 0.3) is 5.91 Å². The largest absolute Gasteiger partial charge is 0.497 e. The van der Waals surface area contributed by atoms with E-state index in [1.165, 1.54) is 72.7 Å². The number of amides is 2. The monoisotopic (exact) mass is 1270 g/mol. The Bertz CT molecular complexity index is 4200. The Balaban J connectivity index is 0.831. The van der Waals surface area contributed by atoms with E-state index in [1.54, 1.807) is 13.4 Å². The third-order valence-corrected chi connectivity index (χ3v) is 19.5. The molecule has 0 spiro atoms. The molecule has 2 amide bonds. The van der Waals surface area contributed by atoms with E-state index in [-0.39, 0.29) is 41.6 Å². The van der Waals surface area contributed by atoms with Crippen molar-refractivity contribution in [2.45, 2.75) is 51.9 Å². The van der Waals surface area contributed by atoms with Gasteiger partial charge in [-0.25, -0.2) is 56.0 Å². The number of para-hydroxylation sites is 3. The molecular weight excluding hydrogens is 1220 g/mol. The van der Waals surface area contributed by atoms with Gasteiger partial charge in [-0.2, -0.15) is 0 Å². The second-order valence-corrected chi connectivity index (χ2v) is 24.8. The molecule has 0 aliphatic heterocycles. The number of hydrogen-bond donors (Lipinski definition) is 1. The Kier molecular flexibility index (Phi) is 17.5. The SMILES string of the molecule is CCOC(=O)N(C(=O)c1nc2c(s1)-c1cc(OCC3Cc4ccc(OCC5Cc6ccc(OC)cc6-c6sc(C(=NC)Nc7c(F)cccc7F)nc6C5)cc4-c4sc(C(=Nc5c(F)cccc5F)SC)nc4C3)ccc1CCC2)c1c(F)cccc1F. The van der Waals surface area contributed by atoms with Gasteiger partial charge in [0.1, 0.15) is 56.0 Å². The molecule has 13 nitrogen and oxygen atoms in total. The van der Waals surface area contributed by atoms with Crippen molar-refractivity contribution in [3.05, 3.63) is 193 Å². The zero-order valence-corrected chi connectivity index (χ0v) is 50.9. The topological polar surface area (TPSA) is 150 Å². The number of thioether (sulfide) groups is 1. The molecule has 12 rings (SSSR count). The van der Waals surface area contributed by atoms with Gasteiger partial charge in [-0.3, -0.25) is 9.79 Å². The molecule has 3 aromatic heterocycles. The zero-order chi connectivity index (χ0) is 61.3. The molecule has 3 aliphatic rings. The zero-order valence-electron chi connectivity index (χ0n) is 47.7. The van der Waals surface area contributed by atoms with Crippen molar-refractivity contribution < 1.29 is 54.9 Å². The average Bonchev–Trinajstić information content (AvgIpc) is 1.88. The molecule has 23 heteroatoms. The van der Waals surface area contributed by atoms with Crippen molar-refractivity contribution in [1.29, 1.82) is 0 Å². The molecule has 3 heterocycles. The average molecular weight is 1270 g/mol. The molecule has 2 unspecified atom stereocenters. The number of fused-ring (bicyclic) bond motifs is 9. The summed E-state index contributed by atoms with van der Waals surface area (Å²) in [7, 11) is 3.13. The summed E-state index contributed by atoms with van der Waals surface area (Å²) in [6, 6.07) is 27.9. The quantitative estimate of drug-likeness (QED) is 0.0630. The van der Waals surface area contributed by atoms with Crippen molar-refractivity contribution in [2.75, 3.05) is 50.5 Å². The third kappa shape index (κ3) is 12.2. The van der Waals surface area contributed by atoms with Gasteiger partial charge < -0.3 is 24.3 Å². The van der Waals surface area contributed by atoms with Gasteiger partial charge in [-0.15, -0.1) is 45.8 Å². The fourth-order valence-corrected chi connectivity index (χ4v) is 15.1. The number of anilines is 2. The fourth-order valence-electron chi connectivity index (χ4n) is 11.1. The van der Waals surface area contributed by atoms with Crippen LogP contribution < -0.4 is 24.4 Å². The number of amidine groups is 1. The number of hydrogen-bond acceptors (Lipinski definition) is 15. The van der Waals surface area contributed by atoms with Crippen LogP contribution in [0.5, 0.6) is 17.2 Å². The predicted molar refractivity (Wildman–Crippen MR) is 333 cm³/mol. The van der Waals surface area contributed by atoms with Crippen LogP contribution in [-0.4, -0.2) is 78.1 Å². The summed E-state index contributed by atoms with van der Waals surface area (Å²) in [4.78, 5) is 53.7. The van der Waals surface area contributed by atoms with Gasteiger partial charge in [0.2, 0.25) is 0 Å². The van der Waals surface area contributed by atoms with E-state index in [1.807, 2.05) is 54.6 Å². The van der Waals surface area contributed by atoms with E-state index in [2.05, 4.69) is 20.3 Å². The van der Waals surface area contributed by atoms with Crippen molar-refractivity contribution >= 4 is 85.7 Å². The maximum Gasteiger partial charge on any atom is 0.421 e. The van der Waals surface area contributed by atoms with Gasteiger partial charge >= 0.3 is 6.09 Å². The second kappa shape index (κ2) is 25.8. The Morgan fingerprint density at radius 1 is 0.625 bits per heavy atom. The first-order valence-corrected chi connectivity index (χ1v) is 31.7. The molecule has 1 N–H and O–H groups in total. The number of aryl methyl sites for hydroxylation is 2. The van der Waals surface area contributed by atoms with E-state index in [0.29, 0.717) is 99.3 Å². The Morgan fingerprint density at radius 3 is 1.70 bits per heavy atom. The van der Waals surface area contributed by atoms with Crippen LogP contribution in [0.15, 0.2) is 119 Å². The summed E-state index contributed by atoms with van der Waals surface area (Å²) in [6.07, 6.45) is 4.63. The van der Waals surface area contributed by atoms with E-state index in [0.717, 1.165) is 96.2 Å². The molecule has 0 saturated heterocycles. The minimum atomic E-state index is -1.24. The highest BCUT2D eigenvalue weighted by Gasteiger charge is 2.36. The number of methoxy groups -OCH3 is 1. The van der Waals surface area contributed by atoms with Crippen molar-refractivity contribution in [3.8, 4) is 48.6 Å². The lowest BCUT2D eigenvalue weighted by atomic mass is 9.96. The number of imide groups is 1. The molecule has 6 aromatic carbocycles. The first-order valence-electron chi connectivity index (χ1n) is 28.1. The van der Waals surface area contributed by atoms with Crippen LogP contribution in [0.2, 0.25) is 0 Å². The molecular formula is C65H53F6N7O6S4. The van der Waals surface area contributed by atoms with E-state index in [4.69, 9.17) is 28.9 Å². The summed E-state index contributed by atoms with van der Waals surface area (Å²) in [5.74, 6) is -4.62. The third-order valence-electron chi connectivity index (χ3n) is 15.3. The summed E-state index contributed by atoms with van der Waals surface area (Å²) in [5.41, 5.74) is 6.11. The number of carbonyl (C=O) groups excluding carboxylic acids is 2. The predicted octanol–water partition coefficient (Wildman–Crippen LogP) is 15.7. The maximum absolute atomic E-state index is 15.2. The standard InChI is InChI=1S/C65H53F6N7O6S4/c1-5-82-65(80)78(55-48(70)15-9-16-49(55)71)64(79)63-73-50-17-6-10-35-18-22-39(29-41(35)56(50)88-63)83-32-34-25-37-20-23-40(30-43(37)58-52(27-34)75-62(87-58)61(85-4)77-54-46(68)13-8-14-47(54)69)84-31-33-24-36-19-21-38(81-3)28-42(36)57-51(26-33)74-60(86-57)59(72-2)76-53-44(66)11-7-12-45(53)67/h7-9,11-16,18-23,28-30,33-34H,5-6,10,17,24-27,31-32H2,1-4H3,(H,72,76). The van der Waals surface area contributed by atoms with Gasteiger partial charge in [0.15, 0.2) is 39.1 Å². The number of ether oxygens (including phenoxy) is 4. The Hall–Kier alpha value is -8.38. The van der Waals surface area contributed by atoms with Crippen LogP contribution in [0.1, 0.15) is 66.9 Å². The number of nitrogens with zero attached hydrogens (tertiary/aromatic N) is 6. The number of aromatic nitrogens is 3. The van der Waals surface area contributed by atoms with Gasteiger partial charge in [-0.1, -0.05) is 36.4 Å². The number of nitrogens with one attached hydrogen (secondary N) is 1. The van der Waals surface area contributed by atoms with Crippen LogP contribution >= 0.6 is 45.8 Å². The van der Waals surface area contributed by atoms with Crippen molar-refractivity contribution in [1.82, 2.24) is 15.0 Å². The van der Waals surface area contributed by atoms with Crippen molar-refractivity contribution in [2.24, 2.45) is 21.8 Å². The summed E-state index contributed by atoms with van der Waals surface area (Å²) < 4.78 is 114. The molecule has 450 valence electrons. The van der Waals surface area contributed by atoms with E-state index < -0.39 is 58.3 Å². The number of rotatable bonds is 14. The van der Waals surface area contributed by atoms with Gasteiger partial charge in [-0.05, 0) is 148 Å². The summed E-state index contributed by atoms with van der Waals surface area (Å²) in [6.45, 7) is 1.90. The second-order valence-electron chi connectivity index (χ2n) is 21.0. The van der Waals surface area contributed by atoms with E-state index in [9.17, 15) is 18.4 Å². The lowest BCUT2D eigenvalue weighted by molar-refractivity contribution is 0.0964. The van der Waals surface area contributed by atoms with Gasteiger partial charge in [0, 0.05) is 35.6 Å². The number of aliphatic imine (C=N–C) groups is 2. The highest BCUT2D eigenvalue weighted by atomic mass is 32.2. The molecule has 0 fully saturated rings. The first kappa shape index (κ1) is 59.9. The molecule has 0 saturated carbocycles. The van der Waals surface area contributed by atoms with Crippen LogP contribution in [0.25, 0.3) is 31.3 Å². The number of thiazole rings is 3. The van der Waals surface area contributed by atoms with Crippen LogP contribution in [0, 0.1) is 46.7 Å². The first-order chi connectivity index (χ1) is 42.7. The summed E-state index contributed by atoms with van der Waals surface area (Å²) >= 11 is 4.99. The molecule has 3 aliphatic carbocycles. The number of halogens is 6. The summed E-state index contributed by atoms with van der Waals surface area (Å²) in [5, 5.41) is 3.95. The highest BCUT2D eigenvalue weighted by Crippen LogP contribution is 2.45. The Labute approximate surface area is 518 Å². The molecule has 9 aromatic rings. The van der Waals surface area contributed by atoms with Crippen LogP contribution in [0.3, 0.4) is 0 Å². The lowest BCUT2D eigenvalue weighted by Gasteiger charge is -2.20. The van der Waals surface area contributed by atoms with Gasteiger partial charge in [0.05, 0.1) is 58.6 Å². The lowest BCUT2D eigenvalue weighted by Crippen LogP contribution is -2.38. The minimum absolute atomic E-state index is 0.0780. The number of carbonyl (C=O) groups is 2. The molecule has 0 bridgehead atoms. The minimum Gasteiger partial charge on any atom is -0.497 e. The maximum atomic E-state index is 15.2. The molecule has 2 atom stereocenters.